The fraction of sp³-hybridized carbons (Fsp3) is 0.667. The Morgan fingerprint density at radius 3 is 1.95 bits per heavy atom. The van der Waals surface area contributed by atoms with Crippen LogP contribution in [-0.2, 0) is 29.8 Å². The van der Waals surface area contributed by atoms with E-state index in [9.17, 15) is 36.3 Å². The van der Waals surface area contributed by atoms with Crippen LogP contribution in [0.15, 0.2) is 30.3 Å². The van der Waals surface area contributed by atoms with E-state index in [0.29, 0.717) is 25.9 Å². The van der Waals surface area contributed by atoms with Gasteiger partial charge in [0.05, 0.1) is 16.9 Å². The maximum atomic E-state index is 12.9. The highest BCUT2D eigenvalue weighted by Crippen LogP contribution is 2.52. The van der Waals surface area contributed by atoms with Gasteiger partial charge in [-0.25, -0.2) is 13.2 Å². The molecule has 224 valence electrons. The molecule has 0 unspecified atom stereocenters. The van der Waals surface area contributed by atoms with Gasteiger partial charge in [0.1, 0.15) is 9.84 Å². The van der Waals surface area contributed by atoms with Crippen molar-refractivity contribution >= 4 is 27.7 Å². The lowest BCUT2D eigenvalue weighted by atomic mass is 9.64. The van der Waals surface area contributed by atoms with E-state index < -0.39 is 33.4 Å². The van der Waals surface area contributed by atoms with E-state index >= 15 is 0 Å². The first-order valence-electron chi connectivity index (χ1n) is 13.2. The van der Waals surface area contributed by atoms with Gasteiger partial charge in [0.2, 0.25) is 5.91 Å². The molecule has 4 rings (SSSR count). The van der Waals surface area contributed by atoms with E-state index in [-0.39, 0.29) is 41.2 Å². The number of sulfone groups is 1. The normalized spacial score (nSPS) is 25.4. The van der Waals surface area contributed by atoms with Crippen LogP contribution in [-0.4, -0.2) is 91.1 Å². The summed E-state index contributed by atoms with van der Waals surface area (Å²) in [6.45, 7) is 1.07. The zero-order chi connectivity index (χ0) is 30.0. The maximum Gasteiger partial charge on any atom is 0.490 e. The van der Waals surface area contributed by atoms with Crippen molar-refractivity contribution in [3.63, 3.8) is 0 Å². The van der Waals surface area contributed by atoms with Crippen LogP contribution in [0.5, 0.6) is 0 Å². The van der Waals surface area contributed by atoms with Crippen LogP contribution in [0.3, 0.4) is 0 Å². The molecule has 1 aliphatic carbocycles. The minimum atomic E-state index is -5.08. The van der Waals surface area contributed by atoms with Crippen molar-refractivity contribution in [3.05, 3.63) is 35.9 Å². The fourth-order valence-electron chi connectivity index (χ4n) is 6.31. The van der Waals surface area contributed by atoms with Crippen LogP contribution < -0.4 is 0 Å². The molecular formula is C27H37F3N2O7S. The topological polar surface area (TPSA) is 132 Å². The number of carbonyl (C=O) groups excluding carboxylic acids is 1. The van der Waals surface area contributed by atoms with Crippen molar-refractivity contribution in [2.75, 3.05) is 38.7 Å². The molecule has 0 radical (unpaired) electrons. The molecule has 1 aromatic rings. The van der Waals surface area contributed by atoms with Crippen LogP contribution in [0.25, 0.3) is 0 Å². The third-order valence-corrected chi connectivity index (χ3v) is 10.7. The molecule has 1 aromatic carbocycles. The Morgan fingerprint density at radius 1 is 0.975 bits per heavy atom. The van der Waals surface area contributed by atoms with Crippen LogP contribution in [0.4, 0.5) is 13.2 Å². The van der Waals surface area contributed by atoms with Crippen LogP contribution >= 0.6 is 0 Å². The van der Waals surface area contributed by atoms with Crippen molar-refractivity contribution < 1.29 is 46.2 Å². The van der Waals surface area contributed by atoms with Gasteiger partial charge >= 0.3 is 18.1 Å². The summed E-state index contributed by atoms with van der Waals surface area (Å²) in [4.78, 5) is 38.0. The number of carbonyl (C=O) groups is 3. The van der Waals surface area contributed by atoms with E-state index in [1.54, 1.807) is 0 Å². The van der Waals surface area contributed by atoms with Gasteiger partial charge in [-0.2, -0.15) is 13.2 Å². The lowest BCUT2D eigenvalue weighted by Crippen LogP contribution is -2.47. The SMILES string of the molecule is CN(C)[C@]1(c2ccccc2)CC[C@@]2(CC1)CC(=O)N(CCC1(C(=O)O)CCS(=O)(=O)CC1)C2.O=C(O)C(F)(F)F. The molecule has 40 heavy (non-hydrogen) atoms. The zero-order valence-electron chi connectivity index (χ0n) is 22.7. The number of rotatable bonds is 6. The number of carboxylic acids is 2. The van der Waals surface area contributed by atoms with Crippen molar-refractivity contribution in [2.24, 2.45) is 10.8 Å². The average molecular weight is 591 g/mol. The highest BCUT2D eigenvalue weighted by Gasteiger charge is 2.51. The molecule has 3 aliphatic rings. The molecule has 2 N–H and O–H groups in total. The molecule has 1 spiro atoms. The standard InChI is InChI=1S/C25H36N2O5S.C2HF3O2/c1-26(2)25(20-6-4-3-5-7-20)10-8-23(9-11-25)18-21(28)27(19-23)15-12-24(22(29)30)13-16-33(31,32)17-14-24;3-2(4,5)1(6)7/h3-7H,8-19H2,1-2H3,(H,29,30);(H,6,7)/t23-,25-;. The summed E-state index contributed by atoms with van der Waals surface area (Å²) in [6.07, 6.45) is -0.0506. The number of halogens is 3. The number of likely N-dealkylation sites (tertiary alicyclic amines) is 1. The number of hydrogen-bond donors (Lipinski definition) is 2. The van der Waals surface area contributed by atoms with E-state index in [1.165, 1.54) is 5.56 Å². The average Bonchev–Trinajstić information content (AvgIpc) is 3.19. The molecule has 0 aromatic heterocycles. The van der Waals surface area contributed by atoms with Crippen LogP contribution in [0.1, 0.15) is 56.9 Å². The Balaban J connectivity index is 0.000000559. The molecular weight excluding hydrogens is 553 g/mol. The van der Waals surface area contributed by atoms with Gasteiger partial charge in [-0.3, -0.25) is 14.5 Å². The van der Waals surface area contributed by atoms with Crippen molar-refractivity contribution in [1.82, 2.24) is 9.80 Å². The number of benzene rings is 1. The summed E-state index contributed by atoms with van der Waals surface area (Å²) in [7, 11) is 1.12. The highest BCUT2D eigenvalue weighted by molar-refractivity contribution is 7.91. The van der Waals surface area contributed by atoms with Gasteiger partial charge in [0.15, 0.2) is 0 Å². The van der Waals surface area contributed by atoms with Gasteiger partial charge in [-0.1, -0.05) is 30.3 Å². The number of hydrogen-bond acceptors (Lipinski definition) is 6. The first-order valence-corrected chi connectivity index (χ1v) is 15.0. The Bertz CT molecular complexity index is 1180. The number of nitrogens with zero attached hydrogens (tertiary/aromatic N) is 2. The van der Waals surface area contributed by atoms with Crippen LogP contribution in [0, 0.1) is 10.8 Å². The quantitative estimate of drug-likeness (QED) is 0.514. The molecule has 13 heteroatoms. The van der Waals surface area contributed by atoms with Gasteiger partial charge in [0.25, 0.3) is 0 Å². The predicted molar refractivity (Wildman–Crippen MR) is 140 cm³/mol. The van der Waals surface area contributed by atoms with E-state index in [1.807, 2.05) is 11.0 Å². The second-order valence-electron chi connectivity index (χ2n) is 11.6. The number of alkyl halides is 3. The summed E-state index contributed by atoms with van der Waals surface area (Å²) in [5.41, 5.74) is 0.213. The number of carboxylic acid groups (broad SMARTS) is 2. The fourth-order valence-corrected chi connectivity index (χ4v) is 7.91. The van der Waals surface area contributed by atoms with Gasteiger partial charge < -0.3 is 15.1 Å². The zero-order valence-corrected chi connectivity index (χ0v) is 23.6. The molecule has 9 nitrogen and oxygen atoms in total. The number of aliphatic carboxylic acids is 2. The lowest BCUT2D eigenvalue weighted by molar-refractivity contribution is -0.192. The second-order valence-corrected chi connectivity index (χ2v) is 13.9. The first kappa shape index (κ1) is 31.9. The monoisotopic (exact) mass is 590 g/mol. The van der Waals surface area contributed by atoms with Gasteiger partial charge in [-0.15, -0.1) is 0 Å². The molecule has 0 atom stereocenters. The highest BCUT2D eigenvalue weighted by atomic mass is 32.2. The molecule has 2 aliphatic heterocycles. The summed E-state index contributed by atoms with van der Waals surface area (Å²) < 4.78 is 55.4. The van der Waals surface area contributed by atoms with Gasteiger partial charge in [0, 0.05) is 25.0 Å². The molecule has 2 saturated heterocycles. The Kier molecular flexibility index (Phi) is 9.29. The lowest BCUT2D eigenvalue weighted by Gasteiger charge is -2.49. The van der Waals surface area contributed by atoms with Crippen molar-refractivity contribution in [2.45, 2.75) is 63.1 Å². The smallest absolute Gasteiger partial charge is 0.481 e. The maximum absolute atomic E-state index is 12.9. The summed E-state index contributed by atoms with van der Waals surface area (Å²) in [5, 5.41) is 17.0. The van der Waals surface area contributed by atoms with E-state index in [4.69, 9.17) is 9.90 Å². The molecule has 1 saturated carbocycles. The third-order valence-electron chi connectivity index (χ3n) is 9.05. The molecule has 3 fully saturated rings. The van der Waals surface area contributed by atoms with E-state index in [0.717, 1.165) is 25.7 Å². The second kappa shape index (κ2) is 11.7. The van der Waals surface area contributed by atoms with Crippen LogP contribution in [0.2, 0.25) is 0 Å². The number of amides is 1. The largest absolute Gasteiger partial charge is 0.490 e. The van der Waals surface area contributed by atoms with Crippen molar-refractivity contribution in [3.8, 4) is 0 Å². The molecule has 0 bridgehead atoms. The molecule has 1 amide bonds. The third kappa shape index (κ3) is 6.96. The Morgan fingerprint density at radius 2 is 1.50 bits per heavy atom. The van der Waals surface area contributed by atoms with E-state index in [2.05, 4.69) is 43.3 Å². The van der Waals surface area contributed by atoms with Gasteiger partial charge in [-0.05, 0) is 70.0 Å². The summed E-state index contributed by atoms with van der Waals surface area (Å²) >= 11 is 0. The predicted octanol–water partition coefficient (Wildman–Crippen LogP) is 3.54. The Labute approximate surface area is 232 Å². The van der Waals surface area contributed by atoms with Crippen molar-refractivity contribution in [1.29, 1.82) is 0 Å². The Hall–Kier alpha value is -2.67. The summed E-state index contributed by atoms with van der Waals surface area (Å²) in [5.74, 6) is -3.74. The molecule has 2 heterocycles. The minimum Gasteiger partial charge on any atom is -0.481 e. The summed E-state index contributed by atoms with van der Waals surface area (Å²) in [6, 6.07) is 10.6. The first-order chi connectivity index (χ1) is 18.5. The minimum absolute atomic E-state index is 0.0239.